The maximum absolute atomic E-state index is 11.9. The van der Waals surface area contributed by atoms with Gasteiger partial charge in [0.15, 0.2) is 5.69 Å². The van der Waals surface area contributed by atoms with Crippen molar-refractivity contribution in [1.29, 1.82) is 0 Å². The van der Waals surface area contributed by atoms with Crippen molar-refractivity contribution >= 4 is 16.0 Å². The van der Waals surface area contributed by atoms with Crippen molar-refractivity contribution in [2.75, 3.05) is 6.54 Å². The summed E-state index contributed by atoms with van der Waals surface area (Å²) in [7, 11) is -3.65. The SMILES string of the molecule is Cc1[nH]ncc1S(=O)(=O)NCCn1cc(C(=O)O)nn1. The summed E-state index contributed by atoms with van der Waals surface area (Å²) in [6, 6.07) is 0. The predicted octanol–water partition coefficient (Wildman–Crippen LogP) is -1.01. The van der Waals surface area contributed by atoms with E-state index in [0.717, 1.165) is 0 Å². The highest BCUT2D eigenvalue weighted by atomic mass is 32.2. The molecule has 0 fully saturated rings. The molecule has 0 aliphatic heterocycles. The number of aromatic amines is 1. The van der Waals surface area contributed by atoms with E-state index >= 15 is 0 Å². The van der Waals surface area contributed by atoms with Crippen LogP contribution in [-0.4, -0.2) is 51.2 Å². The third kappa shape index (κ3) is 3.00. The number of nitrogens with zero attached hydrogens (tertiary/aromatic N) is 4. The van der Waals surface area contributed by atoms with Gasteiger partial charge in [0, 0.05) is 6.54 Å². The lowest BCUT2D eigenvalue weighted by Crippen LogP contribution is -2.27. The van der Waals surface area contributed by atoms with Crippen molar-refractivity contribution in [3.63, 3.8) is 0 Å². The Kier molecular flexibility index (Phi) is 3.81. The van der Waals surface area contributed by atoms with Crippen LogP contribution in [0.2, 0.25) is 0 Å². The summed E-state index contributed by atoms with van der Waals surface area (Å²) in [6.07, 6.45) is 2.44. The van der Waals surface area contributed by atoms with E-state index in [0.29, 0.717) is 5.69 Å². The number of nitrogens with one attached hydrogen (secondary N) is 2. The highest BCUT2D eigenvalue weighted by Gasteiger charge is 2.18. The van der Waals surface area contributed by atoms with Gasteiger partial charge >= 0.3 is 5.97 Å². The zero-order valence-electron chi connectivity index (χ0n) is 10.4. The van der Waals surface area contributed by atoms with Crippen LogP contribution in [0.3, 0.4) is 0 Å². The fourth-order valence-corrected chi connectivity index (χ4v) is 2.64. The summed E-state index contributed by atoms with van der Waals surface area (Å²) >= 11 is 0. The van der Waals surface area contributed by atoms with E-state index in [1.165, 1.54) is 17.1 Å². The van der Waals surface area contributed by atoms with Crippen LogP contribution >= 0.6 is 0 Å². The van der Waals surface area contributed by atoms with Crippen LogP contribution in [-0.2, 0) is 16.6 Å². The summed E-state index contributed by atoms with van der Waals surface area (Å²) < 4.78 is 27.4. The summed E-state index contributed by atoms with van der Waals surface area (Å²) in [6.45, 7) is 1.81. The van der Waals surface area contributed by atoms with Gasteiger partial charge in [-0.2, -0.15) is 5.10 Å². The minimum absolute atomic E-state index is 0.0510. The lowest BCUT2D eigenvalue weighted by molar-refractivity contribution is 0.0690. The molecule has 11 heteroatoms. The Labute approximate surface area is 113 Å². The number of aryl methyl sites for hydroxylation is 1. The van der Waals surface area contributed by atoms with Crippen molar-refractivity contribution in [3.8, 4) is 0 Å². The number of carboxylic acid groups (broad SMARTS) is 1. The number of hydrogen-bond donors (Lipinski definition) is 3. The van der Waals surface area contributed by atoms with Gasteiger partial charge in [-0.3, -0.25) is 9.78 Å². The number of rotatable bonds is 6. The molecule has 20 heavy (non-hydrogen) atoms. The third-order valence-electron chi connectivity index (χ3n) is 2.46. The van der Waals surface area contributed by atoms with Crippen LogP contribution < -0.4 is 4.72 Å². The average molecular weight is 300 g/mol. The monoisotopic (exact) mass is 300 g/mol. The van der Waals surface area contributed by atoms with Crippen LogP contribution in [0.5, 0.6) is 0 Å². The number of carboxylic acids is 1. The number of hydrogen-bond acceptors (Lipinski definition) is 6. The zero-order chi connectivity index (χ0) is 14.8. The summed E-state index contributed by atoms with van der Waals surface area (Å²) in [5, 5.41) is 21.8. The standard InChI is InChI=1S/C9H12N6O4S/c1-6-8(4-10-12-6)20(18,19)11-2-3-15-5-7(9(16)17)13-14-15/h4-5,11H,2-3H2,1H3,(H,10,12)(H,16,17). The van der Waals surface area contributed by atoms with Gasteiger partial charge in [0.1, 0.15) is 4.90 Å². The van der Waals surface area contributed by atoms with Crippen LogP contribution in [0.25, 0.3) is 0 Å². The molecule has 10 nitrogen and oxygen atoms in total. The molecule has 0 saturated heterocycles. The second-order valence-electron chi connectivity index (χ2n) is 3.93. The van der Waals surface area contributed by atoms with E-state index in [4.69, 9.17) is 5.11 Å². The van der Waals surface area contributed by atoms with E-state index < -0.39 is 16.0 Å². The highest BCUT2D eigenvalue weighted by Crippen LogP contribution is 2.10. The van der Waals surface area contributed by atoms with Gasteiger partial charge < -0.3 is 5.11 Å². The normalized spacial score (nSPS) is 11.7. The quantitative estimate of drug-likeness (QED) is 0.620. The van der Waals surface area contributed by atoms with E-state index in [1.807, 2.05) is 0 Å². The summed E-state index contributed by atoms with van der Waals surface area (Å²) in [5.74, 6) is -1.19. The second kappa shape index (κ2) is 5.38. The van der Waals surface area contributed by atoms with Crippen molar-refractivity contribution in [1.82, 2.24) is 29.9 Å². The lowest BCUT2D eigenvalue weighted by atomic mass is 10.5. The van der Waals surface area contributed by atoms with Gasteiger partial charge in [-0.1, -0.05) is 5.21 Å². The number of aromatic carboxylic acids is 1. The van der Waals surface area contributed by atoms with Crippen LogP contribution in [0, 0.1) is 6.92 Å². The fourth-order valence-electron chi connectivity index (χ4n) is 1.49. The third-order valence-corrected chi connectivity index (χ3v) is 4.04. The van der Waals surface area contributed by atoms with Crippen LogP contribution in [0.1, 0.15) is 16.2 Å². The first-order chi connectivity index (χ1) is 9.40. The van der Waals surface area contributed by atoms with E-state index in [1.54, 1.807) is 6.92 Å². The Balaban J connectivity index is 1.95. The number of carbonyl (C=O) groups is 1. The molecule has 3 N–H and O–H groups in total. The van der Waals surface area contributed by atoms with Crippen molar-refractivity contribution in [2.24, 2.45) is 0 Å². The van der Waals surface area contributed by atoms with Crippen LogP contribution in [0.15, 0.2) is 17.3 Å². The first-order valence-corrected chi connectivity index (χ1v) is 7.01. The van der Waals surface area contributed by atoms with Gasteiger partial charge in [0.2, 0.25) is 10.0 Å². The van der Waals surface area contributed by atoms with E-state index in [9.17, 15) is 13.2 Å². The molecule has 2 rings (SSSR count). The van der Waals surface area contributed by atoms with Crippen molar-refractivity contribution in [2.45, 2.75) is 18.4 Å². The van der Waals surface area contributed by atoms with Crippen molar-refractivity contribution < 1.29 is 18.3 Å². The topological polar surface area (TPSA) is 143 Å². The Morgan fingerprint density at radius 1 is 1.55 bits per heavy atom. The number of sulfonamides is 1. The minimum Gasteiger partial charge on any atom is -0.476 e. The van der Waals surface area contributed by atoms with Gasteiger partial charge in [-0.05, 0) is 6.92 Å². The number of aromatic nitrogens is 5. The number of H-pyrrole nitrogens is 1. The highest BCUT2D eigenvalue weighted by molar-refractivity contribution is 7.89. The Bertz CT molecular complexity index is 718. The molecular weight excluding hydrogens is 288 g/mol. The fraction of sp³-hybridized carbons (Fsp3) is 0.333. The first kappa shape index (κ1) is 14.1. The molecular formula is C9H12N6O4S. The molecule has 0 spiro atoms. The maximum atomic E-state index is 11.9. The predicted molar refractivity (Wildman–Crippen MR) is 65.5 cm³/mol. The Hall–Kier alpha value is -2.27. The molecule has 2 aromatic heterocycles. The first-order valence-electron chi connectivity index (χ1n) is 5.53. The Morgan fingerprint density at radius 3 is 2.85 bits per heavy atom. The van der Waals surface area contributed by atoms with Crippen LogP contribution in [0.4, 0.5) is 0 Å². The minimum atomic E-state index is -3.65. The van der Waals surface area contributed by atoms with Gasteiger partial charge in [-0.15, -0.1) is 5.10 Å². The average Bonchev–Trinajstić information content (AvgIpc) is 2.97. The molecule has 0 amide bonds. The molecule has 2 aromatic rings. The molecule has 0 unspecified atom stereocenters. The molecule has 0 atom stereocenters. The molecule has 108 valence electrons. The molecule has 0 aromatic carbocycles. The van der Waals surface area contributed by atoms with Gasteiger partial charge in [-0.25, -0.2) is 17.9 Å². The molecule has 0 saturated carbocycles. The largest absolute Gasteiger partial charge is 0.476 e. The maximum Gasteiger partial charge on any atom is 0.358 e. The van der Waals surface area contributed by atoms with E-state index in [2.05, 4.69) is 25.2 Å². The molecule has 0 aliphatic carbocycles. The van der Waals surface area contributed by atoms with Crippen molar-refractivity contribution in [3.05, 3.63) is 23.8 Å². The smallest absolute Gasteiger partial charge is 0.358 e. The lowest BCUT2D eigenvalue weighted by Gasteiger charge is -2.05. The molecule has 0 radical (unpaired) electrons. The van der Waals surface area contributed by atoms with Gasteiger partial charge in [0.25, 0.3) is 0 Å². The molecule has 2 heterocycles. The Morgan fingerprint density at radius 2 is 2.30 bits per heavy atom. The second-order valence-corrected chi connectivity index (χ2v) is 5.66. The van der Waals surface area contributed by atoms with E-state index in [-0.39, 0.29) is 23.7 Å². The summed E-state index contributed by atoms with van der Waals surface area (Å²) in [5.41, 5.74) is 0.241. The molecule has 0 aliphatic rings. The van der Waals surface area contributed by atoms with Gasteiger partial charge in [0.05, 0.1) is 24.6 Å². The summed E-state index contributed by atoms with van der Waals surface area (Å²) in [4.78, 5) is 10.7. The zero-order valence-corrected chi connectivity index (χ0v) is 11.3. The molecule has 0 bridgehead atoms.